The molecule has 0 fully saturated rings. The number of pyridine rings is 1. The first-order valence-electron chi connectivity index (χ1n) is 10.9. The highest BCUT2D eigenvalue weighted by molar-refractivity contribution is 14.0. The summed E-state index contributed by atoms with van der Waals surface area (Å²) < 4.78 is 10.9. The lowest BCUT2D eigenvalue weighted by Crippen LogP contribution is -2.40. The van der Waals surface area contributed by atoms with Crippen LogP contribution >= 0.6 is 24.0 Å². The molecule has 0 unspecified atom stereocenters. The molecule has 0 radical (unpaired) electrons. The first-order chi connectivity index (χ1) is 15.2. The van der Waals surface area contributed by atoms with E-state index in [1.54, 1.807) is 24.3 Å². The van der Waals surface area contributed by atoms with Crippen molar-refractivity contribution in [2.24, 2.45) is 4.99 Å². The number of rotatable bonds is 9. The van der Waals surface area contributed by atoms with Crippen molar-refractivity contribution in [3.8, 4) is 0 Å². The van der Waals surface area contributed by atoms with Crippen molar-refractivity contribution in [1.29, 1.82) is 0 Å². The number of carbonyl (C=O) groups excluding carboxylic acids is 1. The molecule has 0 saturated heterocycles. The first kappa shape index (κ1) is 28.7. The predicted octanol–water partition coefficient (Wildman–Crippen LogP) is 4.30. The van der Waals surface area contributed by atoms with Gasteiger partial charge in [-0.3, -0.25) is 9.98 Å². The van der Waals surface area contributed by atoms with Crippen molar-refractivity contribution in [2.45, 2.75) is 65.6 Å². The highest BCUT2D eigenvalue weighted by Gasteiger charge is 2.22. The molecule has 33 heavy (non-hydrogen) atoms. The lowest BCUT2D eigenvalue weighted by atomic mass is 10.1. The molecule has 0 atom stereocenters. The Hall–Kier alpha value is -2.37. The molecule has 0 bridgehead atoms. The third-order valence-electron chi connectivity index (χ3n) is 4.47. The summed E-state index contributed by atoms with van der Waals surface area (Å²) in [5.74, 6) is 1.73. The molecule has 0 aliphatic carbocycles. The largest absolute Gasteiger partial charge is 0.444 e. The van der Waals surface area contributed by atoms with Crippen molar-refractivity contribution < 1.29 is 14.1 Å². The maximum Gasteiger partial charge on any atom is 0.410 e. The smallest absolute Gasteiger partial charge is 0.410 e. The molecule has 0 aliphatic rings. The van der Waals surface area contributed by atoms with E-state index in [9.17, 15) is 4.79 Å². The second kappa shape index (κ2) is 14.0. The lowest BCUT2D eigenvalue weighted by Gasteiger charge is -2.27. The van der Waals surface area contributed by atoms with Gasteiger partial charge in [0.15, 0.2) is 11.7 Å². The summed E-state index contributed by atoms with van der Waals surface area (Å²) in [6.07, 6.45) is 3.86. The molecule has 9 nitrogen and oxygen atoms in total. The van der Waals surface area contributed by atoms with Crippen molar-refractivity contribution in [2.75, 3.05) is 20.1 Å². The molecule has 184 valence electrons. The Morgan fingerprint density at radius 2 is 2.06 bits per heavy atom. The van der Waals surface area contributed by atoms with Crippen molar-refractivity contribution in [3.63, 3.8) is 0 Å². The molecule has 0 aromatic carbocycles. The first-order valence-corrected chi connectivity index (χ1v) is 10.9. The Morgan fingerprint density at radius 3 is 2.64 bits per heavy atom. The molecular weight excluding hydrogens is 535 g/mol. The average molecular weight is 572 g/mol. The van der Waals surface area contributed by atoms with E-state index in [0.29, 0.717) is 38.1 Å². The zero-order valence-electron chi connectivity index (χ0n) is 20.4. The fraction of sp³-hybridized carbons (Fsp3) is 0.565. The fourth-order valence-corrected chi connectivity index (χ4v) is 2.83. The lowest BCUT2D eigenvalue weighted by molar-refractivity contribution is 0.0232. The second-order valence-electron chi connectivity index (χ2n) is 8.84. The maximum atomic E-state index is 12.7. The zero-order valence-corrected chi connectivity index (χ0v) is 22.8. The Morgan fingerprint density at radius 1 is 1.30 bits per heavy atom. The van der Waals surface area contributed by atoms with E-state index in [4.69, 9.17) is 9.26 Å². The van der Waals surface area contributed by atoms with E-state index >= 15 is 0 Å². The van der Waals surface area contributed by atoms with Gasteiger partial charge in [0.25, 0.3) is 0 Å². The molecule has 2 aromatic heterocycles. The third-order valence-corrected chi connectivity index (χ3v) is 4.47. The number of hydrogen-bond acceptors (Lipinski definition) is 6. The van der Waals surface area contributed by atoms with Gasteiger partial charge in [0.05, 0.1) is 18.8 Å². The van der Waals surface area contributed by atoms with Crippen LogP contribution in [-0.4, -0.2) is 52.8 Å². The minimum absolute atomic E-state index is 0. The maximum absolute atomic E-state index is 12.7. The number of halogens is 1. The van der Waals surface area contributed by atoms with Gasteiger partial charge in [-0.2, -0.15) is 0 Å². The van der Waals surface area contributed by atoms with E-state index in [2.05, 4.69) is 39.6 Å². The SMILES string of the molecule is CN=C(NCCCN(Cc1cccnc1)C(=O)OC(C)(C)C)NCc1cc(C(C)C)no1.I. The van der Waals surface area contributed by atoms with Crippen LogP contribution in [0.15, 0.2) is 40.1 Å². The Labute approximate surface area is 213 Å². The summed E-state index contributed by atoms with van der Waals surface area (Å²) >= 11 is 0. The Bertz CT molecular complexity index is 865. The number of aromatic nitrogens is 2. The fourth-order valence-electron chi connectivity index (χ4n) is 2.83. The van der Waals surface area contributed by atoms with Crippen molar-refractivity contribution in [1.82, 2.24) is 25.7 Å². The number of hydrogen-bond donors (Lipinski definition) is 2. The van der Waals surface area contributed by atoms with E-state index in [0.717, 1.165) is 23.4 Å². The number of nitrogens with one attached hydrogen (secondary N) is 2. The van der Waals surface area contributed by atoms with Crippen LogP contribution < -0.4 is 10.6 Å². The van der Waals surface area contributed by atoms with Crippen LogP contribution in [0.2, 0.25) is 0 Å². The van der Waals surface area contributed by atoms with Crippen LogP contribution in [0.25, 0.3) is 0 Å². The van der Waals surface area contributed by atoms with Gasteiger partial charge in [-0.15, -0.1) is 24.0 Å². The number of ether oxygens (including phenoxy) is 1. The normalized spacial score (nSPS) is 11.7. The van der Waals surface area contributed by atoms with E-state index in [-0.39, 0.29) is 30.1 Å². The van der Waals surface area contributed by atoms with Crippen LogP contribution in [0, 0.1) is 0 Å². The minimum atomic E-state index is -0.551. The monoisotopic (exact) mass is 572 g/mol. The Balaban J connectivity index is 0.00000544. The summed E-state index contributed by atoms with van der Waals surface area (Å²) in [6.45, 7) is 11.8. The molecule has 2 heterocycles. The molecule has 10 heteroatoms. The van der Waals surface area contributed by atoms with Gasteiger partial charge in [0, 0.05) is 38.6 Å². The second-order valence-corrected chi connectivity index (χ2v) is 8.84. The van der Waals surface area contributed by atoms with Gasteiger partial charge < -0.3 is 24.8 Å². The average Bonchev–Trinajstić information content (AvgIpc) is 3.21. The quantitative estimate of drug-likeness (QED) is 0.200. The van der Waals surface area contributed by atoms with Crippen LogP contribution in [0.5, 0.6) is 0 Å². The van der Waals surface area contributed by atoms with Gasteiger partial charge in [-0.1, -0.05) is 25.1 Å². The molecule has 0 spiro atoms. The van der Waals surface area contributed by atoms with Crippen LogP contribution in [0.4, 0.5) is 4.79 Å². The molecule has 0 saturated carbocycles. The van der Waals surface area contributed by atoms with E-state index < -0.39 is 5.60 Å². The summed E-state index contributed by atoms with van der Waals surface area (Å²) in [5, 5.41) is 10.5. The highest BCUT2D eigenvalue weighted by atomic mass is 127. The van der Waals surface area contributed by atoms with Crippen LogP contribution in [0.3, 0.4) is 0 Å². The van der Waals surface area contributed by atoms with Gasteiger partial charge in [-0.05, 0) is 44.7 Å². The molecule has 2 N–H and O–H groups in total. The van der Waals surface area contributed by atoms with Gasteiger partial charge >= 0.3 is 6.09 Å². The van der Waals surface area contributed by atoms with E-state index in [1.807, 2.05) is 39.0 Å². The summed E-state index contributed by atoms with van der Waals surface area (Å²) in [4.78, 5) is 22.7. The van der Waals surface area contributed by atoms with Crippen molar-refractivity contribution >= 4 is 36.0 Å². The van der Waals surface area contributed by atoms with Gasteiger partial charge in [0.2, 0.25) is 0 Å². The molecule has 2 rings (SSSR count). The van der Waals surface area contributed by atoms with Crippen molar-refractivity contribution in [3.05, 3.63) is 47.6 Å². The molecular formula is C23H37IN6O3. The van der Waals surface area contributed by atoms with Crippen LogP contribution in [-0.2, 0) is 17.8 Å². The number of carbonyl (C=O) groups is 1. The van der Waals surface area contributed by atoms with Gasteiger partial charge in [0.1, 0.15) is 5.60 Å². The molecule has 2 aromatic rings. The topological polar surface area (TPSA) is 105 Å². The zero-order chi connectivity index (χ0) is 23.6. The number of nitrogens with zero attached hydrogens (tertiary/aromatic N) is 4. The summed E-state index contributed by atoms with van der Waals surface area (Å²) in [5.41, 5.74) is 1.34. The molecule has 0 aliphatic heterocycles. The van der Waals surface area contributed by atoms with E-state index in [1.165, 1.54) is 0 Å². The standard InChI is InChI=1S/C23H36N6O3.HI/c1-17(2)20-13-19(32-28-20)15-27-21(24-6)26-11-8-12-29(22(30)31-23(3,4)5)16-18-9-7-10-25-14-18;/h7,9-10,13-14,17H,8,11-12,15-16H2,1-6H3,(H2,24,26,27);1H. The predicted molar refractivity (Wildman–Crippen MR) is 140 cm³/mol. The minimum Gasteiger partial charge on any atom is -0.444 e. The highest BCUT2D eigenvalue weighted by Crippen LogP contribution is 2.14. The number of aliphatic imine (C=N–C) groups is 1. The number of amides is 1. The Kier molecular flexibility index (Phi) is 12.2. The van der Waals surface area contributed by atoms with Crippen LogP contribution in [0.1, 0.15) is 64.0 Å². The third kappa shape index (κ3) is 10.9. The molecule has 1 amide bonds. The summed E-state index contributed by atoms with van der Waals surface area (Å²) in [7, 11) is 1.71. The van der Waals surface area contributed by atoms with Gasteiger partial charge in [-0.25, -0.2) is 4.79 Å². The number of guanidine groups is 1. The summed E-state index contributed by atoms with van der Waals surface area (Å²) in [6, 6.07) is 5.75.